The molecule has 0 radical (unpaired) electrons. The van der Waals surface area contributed by atoms with Gasteiger partial charge in [0.15, 0.2) is 0 Å². The van der Waals surface area contributed by atoms with Crippen LogP contribution in [0.1, 0.15) is 5.56 Å². The molecule has 0 fully saturated rings. The summed E-state index contributed by atoms with van der Waals surface area (Å²) in [6, 6.07) is 37.4. The van der Waals surface area contributed by atoms with Gasteiger partial charge in [-0.05, 0) is 29.3 Å². The Hall–Kier alpha value is -3.09. The Kier molecular flexibility index (Phi) is 6.24. The molecule has 144 valence electrons. The quantitative estimate of drug-likeness (QED) is 0.324. The fourth-order valence-corrected chi connectivity index (χ4v) is 4.99. The summed E-state index contributed by atoms with van der Waals surface area (Å²) in [6.45, 7) is 0. The summed E-state index contributed by atoms with van der Waals surface area (Å²) in [5, 5.41) is 1.22. The Balaban J connectivity index is 1.72. The van der Waals surface area contributed by atoms with Gasteiger partial charge in [0.1, 0.15) is 19.6 Å². The van der Waals surface area contributed by atoms with Crippen molar-refractivity contribution in [2.45, 2.75) is 6.16 Å². The molecule has 1 unspecified atom stereocenters. The zero-order chi connectivity index (χ0) is 19.9. The van der Waals surface area contributed by atoms with Gasteiger partial charge in [-0.3, -0.25) is 0 Å². The smallest absolute Gasteiger partial charge is 0.131 e. The first-order valence-corrected chi connectivity index (χ1v) is 11.1. The molecule has 0 saturated carbocycles. The van der Waals surface area contributed by atoms with Crippen molar-refractivity contribution < 1.29 is 9.26 Å². The molecule has 0 saturated heterocycles. The van der Waals surface area contributed by atoms with E-state index in [1.807, 2.05) is 48.5 Å². The fraction of sp³-hybridized carbons (Fsp3) is 0.0769. The Morgan fingerprint density at radius 2 is 1.31 bits per heavy atom. The number of methoxy groups -OCH3 is 1. The van der Waals surface area contributed by atoms with Gasteiger partial charge in [-0.15, -0.1) is 0 Å². The SMILES string of the molecule is COc1ccc(OP(Cc2ccccc2)c2ccccc2)c(-c2ccccc2)c1. The molecule has 0 aromatic heterocycles. The highest BCUT2D eigenvalue weighted by atomic mass is 31.1. The number of ether oxygens (including phenoxy) is 1. The maximum atomic E-state index is 6.70. The van der Waals surface area contributed by atoms with Crippen LogP contribution in [0, 0.1) is 0 Å². The molecule has 3 heteroatoms. The highest BCUT2D eigenvalue weighted by Crippen LogP contribution is 2.45. The standard InChI is InChI=1S/C26H23O2P/c1-27-23-17-18-26(25(19-23)22-13-7-3-8-14-22)28-29(24-15-9-4-10-16-24)20-21-11-5-2-6-12-21/h2-19H,20H2,1H3. The van der Waals surface area contributed by atoms with Crippen LogP contribution in [0.4, 0.5) is 0 Å². The summed E-state index contributed by atoms with van der Waals surface area (Å²) >= 11 is 0. The molecule has 0 bridgehead atoms. The third kappa shape index (κ3) is 4.85. The molecule has 1 atom stereocenters. The summed E-state index contributed by atoms with van der Waals surface area (Å²) in [5.74, 6) is 1.70. The largest absolute Gasteiger partial charge is 0.497 e. The van der Waals surface area contributed by atoms with Crippen molar-refractivity contribution in [3.63, 3.8) is 0 Å². The molecule has 4 aromatic carbocycles. The van der Waals surface area contributed by atoms with E-state index >= 15 is 0 Å². The van der Waals surface area contributed by atoms with Gasteiger partial charge in [0.05, 0.1) is 7.11 Å². The minimum Gasteiger partial charge on any atom is -0.497 e. The summed E-state index contributed by atoms with van der Waals surface area (Å²) in [4.78, 5) is 0. The molecule has 0 aliphatic heterocycles. The lowest BCUT2D eigenvalue weighted by molar-refractivity contribution is 0.414. The first kappa shape index (κ1) is 19.2. The van der Waals surface area contributed by atoms with E-state index in [-0.39, 0.29) is 0 Å². The van der Waals surface area contributed by atoms with E-state index in [2.05, 4.69) is 60.7 Å². The number of hydrogen-bond acceptors (Lipinski definition) is 2. The highest BCUT2D eigenvalue weighted by Gasteiger charge is 2.18. The van der Waals surface area contributed by atoms with Crippen LogP contribution in [0.25, 0.3) is 11.1 Å². The summed E-state index contributed by atoms with van der Waals surface area (Å²) in [7, 11) is 0.822. The molecule has 0 heterocycles. The third-order valence-electron chi connectivity index (χ3n) is 4.69. The average Bonchev–Trinajstić information content (AvgIpc) is 2.80. The Morgan fingerprint density at radius 3 is 1.97 bits per heavy atom. The van der Waals surface area contributed by atoms with Crippen molar-refractivity contribution in [3.8, 4) is 22.6 Å². The molecule has 0 N–H and O–H groups in total. The second kappa shape index (κ2) is 9.41. The van der Waals surface area contributed by atoms with Crippen molar-refractivity contribution in [3.05, 3.63) is 115 Å². The Bertz CT molecular complexity index is 1030. The molecular formula is C26H23O2P. The van der Waals surface area contributed by atoms with Gasteiger partial charge >= 0.3 is 0 Å². The first-order chi connectivity index (χ1) is 14.3. The minimum absolute atomic E-state index is 0.823. The van der Waals surface area contributed by atoms with Gasteiger partial charge in [0, 0.05) is 17.0 Å². The van der Waals surface area contributed by atoms with Crippen LogP contribution in [-0.2, 0) is 6.16 Å². The van der Waals surface area contributed by atoms with Crippen molar-refractivity contribution in [1.29, 1.82) is 0 Å². The second-order valence-corrected chi connectivity index (χ2v) is 8.45. The molecule has 0 aliphatic rings. The monoisotopic (exact) mass is 398 g/mol. The summed E-state index contributed by atoms with van der Waals surface area (Å²) in [5.41, 5.74) is 3.43. The van der Waals surface area contributed by atoms with E-state index in [9.17, 15) is 0 Å². The molecule has 0 spiro atoms. The maximum absolute atomic E-state index is 6.70. The van der Waals surface area contributed by atoms with Gasteiger partial charge in [0.2, 0.25) is 0 Å². The second-order valence-electron chi connectivity index (χ2n) is 6.68. The van der Waals surface area contributed by atoms with Crippen molar-refractivity contribution >= 4 is 13.5 Å². The van der Waals surface area contributed by atoms with Crippen LogP contribution in [0.5, 0.6) is 11.5 Å². The molecule has 0 amide bonds. The van der Waals surface area contributed by atoms with E-state index in [1.165, 1.54) is 10.9 Å². The van der Waals surface area contributed by atoms with Gasteiger partial charge in [-0.25, -0.2) is 0 Å². The van der Waals surface area contributed by atoms with E-state index in [0.717, 1.165) is 28.8 Å². The van der Waals surface area contributed by atoms with E-state index in [1.54, 1.807) is 7.11 Å². The van der Waals surface area contributed by atoms with E-state index in [4.69, 9.17) is 9.26 Å². The minimum atomic E-state index is -0.870. The molecule has 29 heavy (non-hydrogen) atoms. The zero-order valence-electron chi connectivity index (χ0n) is 16.4. The molecule has 4 rings (SSSR count). The van der Waals surface area contributed by atoms with Crippen LogP contribution < -0.4 is 14.6 Å². The Labute approximate surface area is 173 Å². The normalized spacial score (nSPS) is 11.6. The van der Waals surface area contributed by atoms with Crippen molar-refractivity contribution in [1.82, 2.24) is 0 Å². The summed E-state index contributed by atoms with van der Waals surface area (Å²) < 4.78 is 12.2. The fourth-order valence-electron chi connectivity index (χ4n) is 3.20. The molecule has 2 nitrogen and oxygen atoms in total. The van der Waals surface area contributed by atoms with Crippen LogP contribution >= 0.6 is 8.15 Å². The van der Waals surface area contributed by atoms with Crippen molar-refractivity contribution in [2.24, 2.45) is 0 Å². The number of hydrogen-bond donors (Lipinski definition) is 0. The van der Waals surface area contributed by atoms with E-state index in [0.29, 0.717) is 0 Å². The zero-order valence-corrected chi connectivity index (χ0v) is 17.3. The maximum Gasteiger partial charge on any atom is 0.131 e. The lowest BCUT2D eigenvalue weighted by Crippen LogP contribution is -2.07. The summed E-state index contributed by atoms with van der Waals surface area (Å²) in [6.07, 6.45) is 0.862. The number of benzene rings is 4. The molecular weight excluding hydrogens is 375 g/mol. The Morgan fingerprint density at radius 1 is 0.690 bits per heavy atom. The third-order valence-corrected chi connectivity index (χ3v) is 6.64. The van der Waals surface area contributed by atoms with Gasteiger partial charge in [0.25, 0.3) is 0 Å². The predicted octanol–water partition coefficient (Wildman–Crippen LogP) is 6.66. The van der Waals surface area contributed by atoms with Crippen LogP contribution in [0.2, 0.25) is 0 Å². The van der Waals surface area contributed by atoms with E-state index < -0.39 is 8.15 Å². The first-order valence-electron chi connectivity index (χ1n) is 9.61. The van der Waals surface area contributed by atoms with Crippen LogP contribution in [0.3, 0.4) is 0 Å². The highest BCUT2D eigenvalue weighted by molar-refractivity contribution is 7.60. The van der Waals surface area contributed by atoms with Gasteiger partial charge in [-0.1, -0.05) is 91.0 Å². The van der Waals surface area contributed by atoms with Gasteiger partial charge in [-0.2, -0.15) is 0 Å². The van der Waals surface area contributed by atoms with Crippen LogP contribution in [0.15, 0.2) is 109 Å². The van der Waals surface area contributed by atoms with Crippen LogP contribution in [-0.4, -0.2) is 7.11 Å². The number of rotatable bonds is 7. The molecule has 4 aromatic rings. The van der Waals surface area contributed by atoms with Gasteiger partial charge < -0.3 is 9.26 Å². The molecule has 0 aliphatic carbocycles. The lowest BCUT2D eigenvalue weighted by atomic mass is 10.0. The predicted molar refractivity (Wildman–Crippen MR) is 122 cm³/mol. The average molecular weight is 398 g/mol. The topological polar surface area (TPSA) is 18.5 Å². The van der Waals surface area contributed by atoms with Crippen molar-refractivity contribution in [2.75, 3.05) is 7.11 Å². The lowest BCUT2D eigenvalue weighted by Gasteiger charge is -2.22.